The van der Waals surface area contributed by atoms with E-state index in [1.807, 2.05) is 6.92 Å². The Morgan fingerprint density at radius 1 is 1.11 bits per heavy atom. The van der Waals surface area contributed by atoms with Crippen molar-refractivity contribution in [1.29, 1.82) is 5.26 Å². The average Bonchev–Trinajstić information content (AvgIpc) is 2.41. The SMILES string of the molecule is CCCN1CCN(CCCC(N)(C#N)CC)CC1. The second kappa shape index (κ2) is 7.73. The zero-order valence-corrected chi connectivity index (χ0v) is 12.0. The van der Waals surface area contributed by atoms with Crippen molar-refractivity contribution in [3.05, 3.63) is 0 Å². The van der Waals surface area contributed by atoms with E-state index in [0.717, 1.165) is 38.9 Å². The summed E-state index contributed by atoms with van der Waals surface area (Å²) in [6, 6.07) is 2.24. The summed E-state index contributed by atoms with van der Waals surface area (Å²) in [5, 5.41) is 9.02. The molecular weight excluding hydrogens is 224 g/mol. The van der Waals surface area contributed by atoms with E-state index in [1.54, 1.807) is 0 Å². The van der Waals surface area contributed by atoms with Gasteiger partial charge in [-0.25, -0.2) is 0 Å². The van der Waals surface area contributed by atoms with Gasteiger partial charge in [-0.1, -0.05) is 13.8 Å². The zero-order chi connectivity index (χ0) is 13.4. The minimum absolute atomic E-state index is 0.607. The van der Waals surface area contributed by atoms with Crippen LogP contribution in [0.2, 0.25) is 0 Å². The minimum Gasteiger partial charge on any atom is -0.313 e. The van der Waals surface area contributed by atoms with Crippen molar-refractivity contribution in [3.63, 3.8) is 0 Å². The molecule has 1 heterocycles. The molecule has 1 saturated heterocycles. The predicted molar refractivity (Wildman–Crippen MR) is 75.2 cm³/mol. The molecule has 4 nitrogen and oxygen atoms in total. The normalized spacial score (nSPS) is 21.4. The molecule has 0 saturated carbocycles. The number of piperazine rings is 1. The lowest BCUT2D eigenvalue weighted by Crippen LogP contribution is -2.47. The lowest BCUT2D eigenvalue weighted by atomic mass is 9.93. The molecule has 18 heavy (non-hydrogen) atoms. The van der Waals surface area contributed by atoms with Crippen molar-refractivity contribution in [3.8, 4) is 6.07 Å². The van der Waals surface area contributed by atoms with Gasteiger partial charge < -0.3 is 15.5 Å². The first-order valence-electron chi connectivity index (χ1n) is 7.28. The van der Waals surface area contributed by atoms with E-state index in [4.69, 9.17) is 11.0 Å². The fraction of sp³-hybridized carbons (Fsp3) is 0.929. The summed E-state index contributed by atoms with van der Waals surface area (Å²) < 4.78 is 0. The molecular formula is C14H28N4. The van der Waals surface area contributed by atoms with Crippen LogP contribution in [0.5, 0.6) is 0 Å². The molecule has 1 fully saturated rings. The van der Waals surface area contributed by atoms with Gasteiger partial charge >= 0.3 is 0 Å². The van der Waals surface area contributed by atoms with Crippen LogP contribution in [-0.4, -0.2) is 54.6 Å². The van der Waals surface area contributed by atoms with Gasteiger partial charge in [0.2, 0.25) is 0 Å². The number of hydrogen-bond donors (Lipinski definition) is 1. The van der Waals surface area contributed by atoms with E-state index in [9.17, 15) is 0 Å². The van der Waals surface area contributed by atoms with E-state index in [0.29, 0.717) is 0 Å². The molecule has 0 radical (unpaired) electrons. The summed E-state index contributed by atoms with van der Waals surface area (Å²) >= 11 is 0. The summed E-state index contributed by atoms with van der Waals surface area (Å²) in [6.07, 6.45) is 3.84. The van der Waals surface area contributed by atoms with Gasteiger partial charge in [0.05, 0.1) is 6.07 Å². The maximum absolute atomic E-state index is 9.02. The molecule has 0 aliphatic carbocycles. The van der Waals surface area contributed by atoms with Crippen LogP contribution in [0.25, 0.3) is 0 Å². The Morgan fingerprint density at radius 3 is 2.11 bits per heavy atom. The number of nitrogens with zero attached hydrogens (tertiary/aromatic N) is 3. The van der Waals surface area contributed by atoms with Crippen LogP contribution in [-0.2, 0) is 0 Å². The lowest BCUT2D eigenvalue weighted by Gasteiger charge is -2.34. The van der Waals surface area contributed by atoms with Gasteiger partial charge in [0.1, 0.15) is 5.54 Å². The second-order valence-corrected chi connectivity index (χ2v) is 5.41. The van der Waals surface area contributed by atoms with E-state index in [2.05, 4.69) is 22.8 Å². The number of rotatable bonds is 7. The van der Waals surface area contributed by atoms with Crippen molar-refractivity contribution in [2.24, 2.45) is 5.73 Å². The number of nitriles is 1. The third-order valence-corrected chi connectivity index (χ3v) is 3.96. The predicted octanol–water partition coefficient (Wildman–Crippen LogP) is 1.43. The number of nitrogens with two attached hydrogens (primary N) is 1. The van der Waals surface area contributed by atoms with Crippen LogP contribution >= 0.6 is 0 Å². The molecule has 1 unspecified atom stereocenters. The molecule has 0 spiro atoms. The number of hydrogen-bond acceptors (Lipinski definition) is 4. The molecule has 1 aliphatic rings. The Kier molecular flexibility index (Phi) is 6.62. The Hall–Kier alpha value is -0.630. The first-order valence-corrected chi connectivity index (χ1v) is 7.28. The molecule has 4 heteroatoms. The van der Waals surface area contributed by atoms with Crippen LogP contribution in [0.15, 0.2) is 0 Å². The highest BCUT2D eigenvalue weighted by Gasteiger charge is 2.22. The molecule has 104 valence electrons. The van der Waals surface area contributed by atoms with Gasteiger partial charge in [0.25, 0.3) is 0 Å². The first kappa shape index (κ1) is 15.4. The summed E-state index contributed by atoms with van der Waals surface area (Å²) in [7, 11) is 0. The summed E-state index contributed by atoms with van der Waals surface area (Å²) in [4.78, 5) is 5.03. The van der Waals surface area contributed by atoms with Crippen LogP contribution < -0.4 is 5.73 Å². The van der Waals surface area contributed by atoms with Crippen LogP contribution in [0.3, 0.4) is 0 Å². The van der Waals surface area contributed by atoms with Crippen molar-refractivity contribution in [2.75, 3.05) is 39.3 Å². The smallest absolute Gasteiger partial charge is 0.104 e. The summed E-state index contributed by atoms with van der Waals surface area (Å²) in [6.45, 7) is 11.2. The standard InChI is InChI=1S/C14H28N4/c1-3-7-17-9-11-18(12-10-17)8-5-6-14(16,4-2)13-15/h3-12,16H2,1-2H3. The van der Waals surface area contributed by atoms with Crippen LogP contribution in [0, 0.1) is 11.3 Å². The highest BCUT2D eigenvalue weighted by molar-refractivity contribution is 5.03. The van der Waals surface area contributed by atoms with E-state index < -0.39 is 5.54 Å². The molecule has 1 rings (SSSR count). The van der Waals surface area contributed by atoms with Crippen LogP contribution in [0.1, 0.15) is 39.5 Å². The first-order chi connectivity index (χ1) is 8.63. The summed E-state index contributed by atoms with van der Waals surface area (Å²) in [5.74, 6) is 0. The Balaban J connectivity index is 2.17. The molecule has 1 aliphatic heterocycles. The second-order valence-electron chi connectivity index (χ2n) is 5.41. The van der Waals surface area contributed by atoms with Crippen molar-refractivity contribution < 1.29 is 0 Å². The monoisotopic (exact) mass is 252 g/mol. The molecule has 1 atom stereocenters. The molecule has 0 aromatic heterocycles. The van der Waals surface area contributed by atoms with Crippen molar-refractivity contribution in [2.45, 2.75) is 45.1 Å². The maximum atomic E-state index is 9.02. The zero-order valence-electron chi connectivity index (χ0n) is 12.0. The van der Waals surface area contributed by atoms with E-state index in [-0.39, 0.29) is 0 Å². The Bertz CT molecular complexity index is 265. The fourth-order valence-electron chi connectivity index (χ4n) is 2.48. The maximum Gasteiger partial charge on any atom is 0.104 e. The topological polar surface area (TPSA) is 56.3 Å². The molecule has 0 aromatic carbocycles. The van der Waals surface area contributed by atoms with E-state index in [1.165, 1.54) is 26.1 Å². The van der Waals surface area contributed by atoms with E-state index >= 15 is 0 Å². The fourth-order valence-corrected chi connectivity index (χ4v) is 2.48. The van der Waals surface area contributed by atoms with Crippen molar-refractivity contribution >= 4 is 0 Å². The average molecular weight is 252 g/mol. The largest absolute Gasteiger partial charge is 0.313 e. The highest BCUT2D eigenvalue weighted by atomic mass is 15.3. The van der Waals surface area contributed by atoms with Gasteiger partial charge in [-0.3, -0.25) is 0 Å². The quantitative estimate of drug-likeness (QED) is 0.744. The van der Waals surface area contributed by atoms with Crippen molar-refractivity contribution in [1.82, 2.24) is 9.80 Å². The van der Waals surface area contributed by atoms with Gasteiger partial charge in [-0.2, -0.15) is 5.26 Å². The Labute approximate surface area is 112 Å². The summed E-state index contributed by atoms with van der Waals surface area (Å²) in [5.41, 5.74) is 5.38. The lowest BCUT2D eigenvalue weighted by molar-refractivity contribution is 0.129. The van der Waals surface area contributed by atoms with Crippen LogP contribution in [0.4, 0.5) is 0 Å². The third kappa shape index (κ3) is 4.93. The molecule has 0 bridgehead atoms. The third-order valence-electron chi connectivity index (χ3n) is 3.96. The van der Waals surface area contributed by atoms with Gasteiger partial charge in [0, 0.05) is 26.2 Å². The molecule has 0 amide bonds. The molecule has 0 aromatic rings. The van der Waals surface area contributed by atoms with Gasteiger partial charge in [-0.05, 0) is 38.8 Å². The Morgan fingerprint density at radius 2 is 1.67 bits per heavy atom. The van der Waals surface area contributed by atoms with Gasteiger partial charge in [-0.15, -0.1) is 0 Å². The van der Waals surface area contributed by atoms with Gasteiger partial charge in [0.15, 0.2) is 0 Å². The highest BCUT2D eigenvalue weighted by Crippen LogP contribution is 2.14. The molecule has 2 N–H and O–H groups in total. The minimum atomic E-state index is -0.607.